The van der Waals surface area contributed by atoms with Crippen molar-refractivity contribution in [3.63, 3.8) is 0 Å². The summed E-state index contributed by atoms with van der Waals surface area (Å²) >= 11 is 0. The number of aromatic nitrogens is 7. The molecule has 0 bridgehead atoms. The monoisotopic (exact) mass is 523 g/mol. The molecule has 0 aliphatic heterocycles. The molecule has 3 aromatic heterocycles. The van der Waals surface area contributed by atoms with E-state index in [-0.39, 0.29) is 11.1 Å². The van der Waals surface area contributed by atoms with Gasteiger partial charge in [0, 0.05) is 24.1 Å². The lowest BCUT2D eigenvalue weighted by atomic mass is 9.88. The van der Waals surface area contributed by atoms with Gasteiger partial charge in [0.05, 0.1) is 34.1 Å². The number of aromatic amines is 2. The van der Waals surface area contributed by atoms with Gasteiger partial charge in [-0.05, 0) is 56.9 Å². The lowest BCUT2D eigenvalue weighted by molar-refractivity contribution is 0.305. The van der Waals surface area contributed by atoms with Crippen LogP contribution in [0.2, 0.25) is 0 Å². The number of rotatable bonds is 7. The molecule has 3 heterocycles. The summed E-state index contributed by atoms with van der Waals surface area (Å²) < 4.78 is 4.94. The zero-order valence-corrected chi connectivity index (χ0v) is 22.3. The van der Waals surface area contributed by atoms with Gasteiger partial charge in [-0.1, -0.05) is 60.9 Å². The topological polar surface area (TPSA) is 106 Å². The van der Waals surface area contributed by atoms with Crippen molar-refractivity contribution in [1.82, 2.24) is 34.6 Å². The Labute approximate surface area is 226 Å². The lowest BCUT2D eigenvalue weighted by Crippen LogP contribution is -2.25. The second kappa shape index (κ2) is 10.4. The predicted octanol–water partition coefficient (Wildman–Crippen LogP) is 4.61. The van der Waals surface area contributed by atoms with E-state index in [2.05, 4.69) is 20.5 Å². The van der Waals surface area contributed by atoms with Gasteiger partial charge in [-0.15, -0.1) is 5.10 Å². The Morgan fingerprint density at radius 1 is 0.795 bits per heavy atom. The van der Waals surface area contributed by atoms with E-state index in [4.69, 9.17) is 0 Å². The van der Waals surface area contributed by atoms with Crippen LogP contribution in [0, 0.1) is 19.8 Å². The molecule has 1 fully saturated rings. The van der Waals surface area contributed by atoms with Crippen molar-refractivity contribution in [2.45, 2.75) is 58.4 Å². The Kier molecular flexibility index (Phi) is 6.64. The summed E-state index contributed by atoms with van der Waals surface area (Å²) in [4.78, 5) is 27.9. The molecular formula is C30H33N7O2. The third-order valence-corrected chi connectivity index (χ3v) is 7.86. The molecule has 6 rings (SSSR count). The summed E-state index contributed by atoms with van der Waals surface area (Å²) in [5.41, 5.74) is 3.96. The van der Waals surface area contributed by atoms with Crippen molar-refractivity contribution in [2.24, 2.45) is 5.92 Å². The molecule has 2 N–H and O–H groups in total. The van der Waals surface area contributed by atoms with Crippen LogP contribution in [0.15, 0.2) is 76.4 Å². The van der Waals surface area contributed by atoms with Gasteiger partial charge >= 0.3 is 0 Å². The van der Waals surface area contributed by atoms with Crippen LogP contribution in [0.3, 0.4) is 0 Å². The maximum Gasteiger partial charge on any atom is 0.275 e. The molecule has 2 aromatic carbocycles. The quantitative estimate of drug-likeness (QED) is 0.325. The third-order valence-electron chi connectivity index (χ3n) is 7.86. The smallest absolute Gasteiger partial charge is 0.275 e. The summed E-state index contributed by atoms with van der Waals surface area (Å²) in [6, 6.07) is 18.9. The maximum atomic E-state index is 14.0. The predicted molar refractivity (Wildman–Crippen MR) is 150 cm³/mol. The van der Waals surface area contributed by atoms with E-state index in [9.17, 15) is 9.59 Å². The Balaban J connectivity index is 1.50. The molecule has 0 radical (unpaired) electrons. The average molecular weight is 524 g/mol. The first kappa shape index (κ1) is 24.9. The highest BCUT2D eigenvalue weighted by atomic mass is 16.1. The largest absolute Gasteiger partial charge is 0.295 e. The lowest BCUT2D eigenvalue weighted by Gasteiger charge is -2.20. The number of para-hydroxylation sites is 2. The van der Waals surface area contributed by atoms with Crippen LogP contribution in [-0.2, 0) is 6.54 Å². The first-order chi connectivity index (χ1) is 19.0. The summed E-state index contributed by atoms with van der Waals surface area (Å²) in [5, 5.41) is 15.5. The van der Waals surface area contributed by atoms with Gasteiger partial charge in [0.15, 0.2) is 0 Å². The molecule has 39 heavy (non-hydrogen) atoms. The van der Waals surface area contributed by atoms with Gasteiger partial charge in [-0.3, -0.25) is 24.5 Å². The standard InChI is InChI=1S/C30H33N7O2/c1-20-26(29(38)36(32-20)23-14-8-4-9-15-23)28(25-19-35(34-31-25)18-22-12-6-3-7-13-22)27-21(2)33-37(30(27)39)24-16-10-5-11-17-24/h4-5,8-11,14-17,19,22,28,32-33H,3,6-7,12-13,18H2,1-2H3. The van der Waals surface area contributed by atoms with Crippen LogP contribution < -0.4 is 11.1 Å². The van der Waals surface area contributed by atoms with Gasteiger partial charge in [0.25, 0.3) is 11.1 Å². The van der Waals surface area contributed by atoms with E-state index in [1.807, 2.05) is 85.4 Å². The van der Waals surface area contributed by atoms with Crippen molar-refractivity contribution in [1.29, 1.82) is 0 Å². The van der Waals surface area contributed by atoms with Gasteiger partial charge in [-0.2, -0.15) is 0 Å². The minimum Gasteiger partial charge on any atom is -0.295 e. The Hall–Kier alpha value is -4.40. The number of hydrogen-bond acceptors (Lipinski definition) is 4. The summed E-state index contributed by atoms with van der Waals surface area (Å²) in [6.07, 6.45) is 8.08. The fraction of sp³-hybridized carbons (Fsp3) is 0.333. The van der Waals surface area contributed by atoms with Crippen LogP contribution in [0.1, 0.15) is 66.2 Å². The van der Waals surface area contributed by atoms with Gasteiger partial charge in [0.1, 0.15) is 0 Å². The van der Waals surface area contributed by atoms with Gasteiger partial charge < -0.3 is 0 Å². The van der Waals surface area contributed by atoms with Gasteiger partial charge in [-0.25, -0.2) is 9.36 Å². The average Bonchev–Trinajstić information content (AvgIpc) is 3.63. The number of aryl methyl sites for hydroxylation is 2. The zero-order valence-electron chi connectivity index (χ0n) is 22.3. The van der Waals surface area contributed by atoms with Crippen molar-refractivity contribution >= 4 is 0 Å². The Bertz CT molecular complexity index is 1580. The number of hydrogen-bond donors (Lipinski definition) is 2. The minimum atomic E-state index is -0.687. The zero-order chi connectivity index (χ0) is 26.9. The molecular weight excluding hydrogens is 490 g/mol. The second-order valence-electron chi connectivity index (χ2n) is 10.6. The number of benzene rings is 2. The molecule has 1 aliphatic carbocycles. The molecule has 1 aliphatic rings. The maximum absolute atomic E-state index is 14.0. The molecule has 0 unspecified atom stereocenters. The van der Waals surface area contributed by atoms with E-state index >= 15 is 0 Å². The molecule has 1 saturated carbocycles. The second-order valence-corrected chi connectivity index (χ2v) is 10.6. The third kappa shape index (κ3) is 4.69. The summed E-state index contributed by atoms with van der Waals surface area (Å²) in [5.74, 6) is -0.118. The summed E-state index contributed by atoms with van der Waals surface area (Å²) in [6.45, 7) is 4.53. The fourth-order valence-electron chi connectivity index (χ4n) is 5.93. The molecule has 9 nitrogen and oxygen atoms in total. The number of H-pyrrole nitrogens is 2. The molecule has 0 saturated heterocycles. The molecule has 5 aromatic rings. The van der Waals surface area contributed by atoms with Crippen LogP contribution >= 0.6 is 0 Å². The SMILES string of the molecule is Cc1[nH]n(-c2ccccc2)c(=O)c1C(c1cn(CC2CCCCC2)nn1)c1c(C)[nH]n(-c2ccccc2)c1=O. The molecule has 0 spiro atoms. The number of nitrogens with zero attached hydrogens (tertiary/aromatic N) is 5. The van der Waals surface area contributed by atoms with E-state index in [0.29, 0.717) is 34.1 Å². The Morgan fingerprint density at radius 3 is 1.82 bits per heavy atom. The van der Waals surface area contributed by atoms with Crippen LogP contribution in [0.5, 0.6) is 0 Å². The van der Waals surface area contributed by atoms with Crippen molar-refractivity contribution in [3.8, 4) is 11.4 Å². The normalized spacial score (nSPS) is 14.3. The Morgan fingerprint density at radius 2 is 1.31 bits per heavy atom. The molecule has 200 valence electrons. The molecule has 9 heteroatoms. The molecule has 0 atom stereocenters. The van der Waals surface area contributed by atoms with Crippen molar-refractivity contribution in [3.05, 3.63) is 116 Å². The van der Waals surface area contributed by atoms with Crippen molar-refractivity contribution in [2.75, 3.05) is 0 Å². The van der Waals surface area contributed by atoms with E-state index in [1.54, 1.807) is 0 Å². The van der Waals surface area contributed by atoms with Gasteiger partial charge in [0.2, 0.25) is 0 Å². The summed E-state index contributed by atoms with van der Waals surface area (Å²) in [7, 11) is 0. The van der Waals surface area contributed by atoms with E-state index in [0.717, 1.165) is 17.9 Å². The van der Waals surface area contributed by atoms with Crippen LogP contribution in [0.4, 0.5) is 0 Å². The molecule has 0 amide bonds. The minimum absolute atomic E-state index is 0.211. The highest BCUT2D eigenvalue weighted by Crippen LogP contribution is 2.31. The first-order valence-electron chi connectivity index (χ1n) is 13.6. The van der Waals surface area contributed by atoms with Crippen LogP contribution in [0.25, 0.3) is 11.4 Å². The van der Waals surface area contributed by atoms with E-state index < -0.39 is 5.92 Å². The highest BCUT2D eigenvalue weighted by Gasteiger charge is 2.33. The van der Waals surface area contributed by atoms with Crippen LogP contribution in [-0.4, -0.2) is 34.6 Å². The van der Waals surface area contributed by atoms with Crippen molar-refractivity contribution < 1.29 is 0 Å². The highest BCUT2D eigenvalue weighted by molar-refractivity contribution is 5.45. The number of nitrogens with one attached hydrogen (secondary N) is 2. The first-order valence-corrected chi connectivity index (χ1v) is 13.6. The van der Waals surface area contributed by atoms with E-state index in [1.165, 1.54) is 41.5 Å². The fourth-order valence-corrected chi connectivity index (χ4v) is 5.93.